The lowest BCUT2D eigenvalue weighted by Gasteiger charge is -2.19. The van der Waals surface area contributed by atoms with E-state index in [9.17, 15) is 0 Å². The van der Waals surface area contributed by atoms with Gasteiger partial charge >= 0.3 is 0 Å². The van der Waals surface area contributed by atoms with Crippen LogP contribution in [0.3, 0.4) is 0 Å². The van der Waals surface area contributed by atoms with Crippen molar-refractivity contribution in [1.82, 2.24) is 9.97 Å². The fourth-order valence-electron chi connectivity index (χ4n) is 3.14. The fourth-order valence-corrected chi connectivity index (χ4v) is 3.51. The Morgan fingerprint density at radius 3 is 2.46 bits per heavy atom. The maximum absolute atomic E-state index is 6.41. The number of hydrogen-bond acceptors (Lipinski definition) is 6. The van der Waals surface area contributed by atoms with Crippen LogP contribution < -0.4 is 20.1 Å². The minimum absolute atomic E-state index is 0.486. The van der Waals surface area contributed by atoms with E-state index < -0.39 is 0 Å². The van der Waals surface area contributed by atoms with Gasteiger partial charge in [0.1, 0.15) is 19.0 Å². The zero-order chi connectivity index (χ0) is 19.7. The number of nitrogens with zero attached hydrogens (tertiary/aromatic N) is 2. The van der Waals surface area contributed by atoms with Gasteiger partial charge in [0.15, 0.2) is 11.5 Å². The van der Waals surface area contributed by atoms with Crippen molar-refractivity contribution < 1.29 is 9.47 Å². The third-order valence-corrected chi connectivity index (χ3v) is 4.64. The lowest BCUT2D eigenvalue weighted by atomic mass is 10.1. The molecule has 0 bridgehead atoms. The van der Waals surface area contributed by atoms with E-state index >= 15 is 0 Å². The van der Waals surface area contributed by atoms with Gasteiger partial charge in [0, 0.05) is 23.5 Å². The Morgan fingerprint density at radius 1 is 0.893 bits per heavy atom. The summed E-state index contributed by atoms with van der Waals surface area (Å²) in [6, 6.07) is 11.6. The third-order valence-electron chi connectivity index (χ3n) is 4.34. The molecule has 1 aromatic heterocycles. The second-order valence-corrected chi connectivity index (χ2v) is 7.17. The Bertz CT molecular complexity index is 1020. The number of halogens is 1. The normalized spacial score (nSPS) is 12.6. The summed E-state index contributed by atoms with van der Waals surface area (Å²) in [6.45, 7) is 7.07. The molecule has 1 aliphatic rings. The molecule has 0 aliphatic carbocycles. The molecule has 0 amide bonds. The molecule has 0 atom stereocenters. The summed E-state index contributed by atoms with van der Waals surface area (Å²) in [7, 11) is 0. The quantitative estimate of drug-likeness (QED) is 0.622. The van der Waals surface area contributed by atoms with Crippen molar-refractivity contribution in [2.24, 2.45) is 0 Å². The van der Waals surface area contributed by atoms with Gasteiger partial charge in [-0.2, -0.15) is 4.98 Å². The first-order chi connectivity index (χ1) is 13.5. The lowest BCUT2D eigenvalue weighted by Crippen LogP contribution is -2.15. The summed E-state index contributed by atoms with van der Waals surface area (Å²) < 4.78 is 11.2. The first kappa shape index (κ1) is 18.4. The molecule has 0 fully saturated rings. The Hall–Kier alpha value is -2.99. The molecular weight excluding hydrogens is 376 g/mol. The first-order valence-electron chi connectivity index (χ1n) is 9.04. The van der Waals surface area contributed by atoms with Crippen LogP contribution in [0.15, 0.2) is 36.4 Å². The number of fused-ring (bicyclic) bond motifs is 1. The van der Waals surface area contributed by atoms with Crippen LogP contribution in [0.25, 0.3) is 0 Å². The standard InChI is InChI=1S/C21H21ClN4O2/c1-12-8-13(2)20(16(22)9-12)25-19-10-14(3)23-21(26-19)24-15-4-5-17-18(11-15)28-7-6-27-17/h4-5,8-11H,6-7H2,1-3H3,(H2,23,24,25,26). The lowest BCUT2D eigenvalue weighted by molar-refractivity contribution is 0.171. The highest BCUT2D eigenvalue weighted by molar-refractivity contribution is 6.33. The molecule has 28 heavy (non-hydrogen) atoms. The van der Waals surface area contributed by atoms with Crippen LogP contribution in [0, 0.1) is 20.8 Å². The Balaban J connectivity index is 1.59. The molecular formula is C21H21ClN4O2. The van der Waals surface area contributed by atoms with Crippen LogP contribution in [0.1, 0.15) is 16.8 Å². The molecule has 2 heterocycles. The van der Waals surface area contributed by atoms with Gasteiger partial charge in [-0.15, -0.1) is 0 Å². The van der Waals surface area contributed by atoms with E-state index in [1.165, 1.54) is 0 Å². The van der Waals surface area contributed by atoms with E-state index in [-0.39, 0.29) is 0 Å². The smallest absolute Gasteiger partial charge is 0.229 e. The summed E-state index contributed by atoms with van der Waals surface area (Å²) in [5.41, 5.74) is 4.68. The van der Waals surface area contributed by atoms with Crippen LogP contribution in [0.2, 0.25) is 5.02 Å². The highest BCUT2D eigenvalue weighted by atomic mass is 35.5. The van der Waals surface area contributed by atoms with Crippen LogP contribution >= 0.6 is 11.6 Å². The monoisotopic (exact) mass is 396 g/mol. The topological polar surface area (TPSA) is 68.3 Å². The number of anilines is 4. The second-order valence-electron chi connectivity index (χ2n) is 6.77. The molecule has 6 nitrogen and oxygen atoms in total. The fraction of sp³-hybridized carbons (Fsp3) is 0.238. The number of nitrogens with one attached hydrogen (secondary N) is 2. The van der Waals surface area contributed by atoms with E-state index in [4.69, 9.17) is 21.1 Å². The van der Waals surface area contributed by atoms with Gasteiger partial charge in [-0.25, -0.2) is 4.98 Å². The third kappa shape index (κ3) is 3.97. The van der Waals surface area contributed by atoms with E-state index in [1.807, 2.05) is 51.1 Å². The Labute approximate surface area is 168 Å². The van der Waals surface area contributed by atoms with Gasteiger partial charge in [0.25, 0.3) is 0 Å². The van der Waals surface area contributed by atoms with E-state index in [2.05, 4.69) is 26.7 Å². The van der Waals surface area contributed by atoms with Gasteiger partial charge in [0.05, 0.1) is 10.7 Å². The minimum Gasteiger partial charge on any atom is -0.486 e. The summed E-state index contributed by atoms with van der Waals surface area (Å²) >= 11 is 6.41. The average Bonchev–Trinajstić information content (AvgIpc) is 2.64. The van der Waals surface area contributed by atoms with Gasteiger partial charge in [-0.3, -0.25) is 0 Å². The van der Waals surface area contributed by atoms with Gasteiger partial charge < -0.3 is 20.1 Å². The van der Waals surface area contributed by atoms with Crippen LogP contribution in [0.5, 0.6) is 11.5 Å². The van der Waals surface area contributed by atoms with Crippen molar-refractivity contribution in [3.8, 4) is 11.5 Å². The molecule has 0 spiro atoms. The predicted molar refractivity (Wildman–Crippen MR) is 112 cm³/mol. The number of ether oxygens (including phenoxy) is 2. The van der Waals surface area contributed by atoms with Crippen molar-refractivity contribution in [2.75, 3.05) is 23.8 Å². The molecule has 7 heteroatoms. The Morgan fingerprint density at radius 2 is 1.68 bits per heavy atom. The maximum Gasteiger partial charge on any atom is 0.229 e. The highest BCUT2D eigenvalue weighted by Gasteiger charge is 2.13. The highest BCUT2D eigenvalue weighted by Crippen LogP contribution is 2.34. The molecule has 3 aromatic rings. The first-order valence-corrected chi connectivity index (χ1v) is 9.42. The zero-order valence-corrected chi connectivity index (χ0v) is 16.7. The van der Waals surface area contributed by atoms with Crippen molar-refractivity contribution in [1.29, 1.82) is 0 Å². The predicted octanol–water partition coefficient (Wildman–Crippen LogP) is 5.31. The second kappa shape index (κ2) is 7.56. The molecule has 0 unspecified atom stereocenters. The molecule has 2 aromatic carbocycles. The molecule has 0 radical (unpaired) electrons. The van der Waals surface area contributed by atoms with Crippen LogP contribution in [0.4, 0.5) is 23.1 Å². The van der Waals surface area contributed by atoms with E-state index in [1.54, 1.807) is 0 Å². The van der Waals surface area contributed by atoms with Crippen molar-refractivity contribution in [3.63, 3.8) is 0 Å². The number of aryl methyl sites for hydroxylation is 3. The summed E-state index contributed by atoms with van der Waals surface area (Å²) in [5.74, 6) is 2.61. The van der Waals surface area contributed by atoms with Crippen LogP contribution in [-0.2, 0) is 0 Å². The van der Waals surface area contributed by atoms with Crippen molar-refractivity contribution in [3.05, 3.63) is 58.2 Å². The Kier molecular flexibility index (Phi) is 4.96. The molecule has 0 saturated carbocycles. The van der Waals surface area contributed by atoms with Crippen molar-refractivity contribution >= 4 is 34.7 Å². The van der Waals surface area contributed by atoms with Crippen molar-refractivity contribution in [2.45, 2.75) is 20.8 Å². The van der Waals surface area contributed by atoms with Crippen LogP contribution in [-0.4, -0.2) is 23.2 Å². The average molecular weight is 397 g/mol. The van der Waals surface area contributed by atoms with Gasteiger partial charge in [-0.1, -0.05) is 17.7 Å². The van der Waals surface area contributed by atoms with Gasteiger partial charge in [0.2, 0.25) is 5.95 Å². The molecule has 0 saturated heterocycles. The maximum atomic E-state index is 6.41. The number of rotatable bonds is 4. The molecule has 1 aliphatic heterocycles. The summed E-state index contributed by atoms with van der Waals surface area (Å²) in [6.07, 6.45) is 0. The minimum atomic E-state index is 0.486. The van der Waals surface area contributed by atoms with Gasteiger partial charge in [-0.05, 0) is 50.1 Å². The number of benzene rings is 2. The summed E-state index contributed by atoms with van der Waals surface area (Å²) in [4.78, 5) is 9.05. The van der Waals surface area contributed by atoms with E-state index in [0.29, 0.717) is 35.8 Å². The molecule has 144 valence electrons. The molecule has 2 N–H and O–H groups in total. The summed E-state index contributed by atoms with van der Waals surface area (Å²) in [5, 5.41) is 7.21. The largest absolute Gasteiger partial charge is 0.486 e. The zero-order valence-electron chi connectivity index (χ0n) is 16.0. The number of aromatic nitrogens is 2. The van der Waals surface area contributed by atoms with E-state index in [0.717, 1.165) is 33.9 Å². The number of hydrogen-bond donors (Lipinski definition) is 2. The molecule has 4 rings (SSSR count). The SMILES string of the molecule is Cc1cc(C)c(Nc2cc(C)nc(Nc3ccc4c(c3)OCCO4)n2)c(Cl)c1.